The SMILES string of the molecule is CCC(=O)c1ccc(-c2ccc(-c3ccc(CC(C)C)s3)c(F)c2F)c(F)c1F. The van der Waals surface area contributed by atoms with E-state index in [2.05, 4.69) is 13.8 Å². The average Bonchev–Trinajstić information content (AvgIpc) is 3.13. The van der Waals surface area contributed by atoms with Gasteiger partial charge in [0.05, 0.1) is 5.56 Å². The summed E-state index contributed by atoms with van der Waals surface area (Å²) in [4.78, 5) is 13.3. The predicted molar refractivity (Wildman–Crippen MR) is 108 cm³/mol. The molecule has 29 heavy (non-hydrogen) atoms. The fourth-order valence-electron chi connectivity index (χ4n) is 3.15. The van der Waals surface area contributed by atoms with E-state index < -0.39 is 45.7 Å². The molecule has 0 aliphatic rings. The first kappa shape index (κ1) is 21.2. The summed E-state index contributed by atoms with van der Waals surface area (Å²) in [5, 5.41) is 0. The molecule has 0 amide bonds. The molecule has 0 fully saturated rings. The van der Waals surface area contributed by atoms with E-state index in [9.17, 15) is 22.4 Å². The zero-order valence-electron chi connectivity index (χ0n) is 16.3. The van der Waals surface area contributed by atoms with E-state index in [0.717, 1.165) is 23.4 Å². The van der Waals surface area contributed by atoms with E-state index in [-0.39, 0.29) is 12.0 Å². The van der Waals surface area contributed by atoms with Crippen LogP contribution >= 0.6 is 11.3 Å². The van der Waals surface area contributed by atoms with Crippen molar-refractivity contribution in [1.82, 2.24) is 0 Å². The fourth-order valence-corrected chi connectivity index (χ4v) is 4.38. The first-order valence-corrected chi connectivity index (χ1v) is 10.1. The molecule has 1 heterocycles. The molecular formula is C23H20F4OS. The van der Waals surface area contributed by atoms with Crippen LogP contribution in [0.25, 0.3) is 21.6 Å². The van der Waals surface area contributed by atoms with Gasteiger partial charge in [0.1, 0.15) is 0 Å². The van der Waals surface area contributed by atoms with Crippen molar-refractivity contribution in [2.45, 2.75) is 33.6 Å². The van der Waals surface area contributed by atoms with Crippen molar-refractivity contribution in [2.24, 2.45) is 5.92 Å². The summed E-state index contributed by atoms with van der Waals surface area (Å²) in [7, 11) is 0. The number of benzene rings is 2. The van der Waals surface area contributed by atoms with Crippen LogP contribution in [0, 0.1) is 29.2 Å². The van der Waals surface area contributed by atoms with Crippen LogP contribution in [0.15, 0.2) is 36.4 Å². The van der Waals surface area contributed by atoms with E-state index >= 15 is 0 Å². The van der Waals surface area contributed by atoms with E-state index in [0.29, 0.717) is 10.8 Å². The van der Waals surface area contributed by atoms with E-state index in [1.807, 2.05) is 6.07 Å². The zero-order chi connectivity index (χ0) is 21.3. The summed E-state index contributed by atoms with van der Waals surface area (Å²) in [6, 6.07) is 8.40. The van der Waals surface area contributed by atoms with Crippen LogP contribution in [-0.4, -0.2) is 5.78 Å². The number of halogens is 4. The highest BCUT2D eigenvalue weighted by molar-refractivity contribution is 7.15. The normalized spacial score (nSPS) is 11.3. The molecule has 0 radical (unpaired) electrons. The second-order valence-electron chi connectivity index (χ2n) is 7.22. The Labute approximate surface area is 171 Å². The first-order valence-electron chi connectivity index (χ1n) is 9.33. The molecule has 2 aromatic carbocycles. The molecule has 3 aromatic rings. The number of thiophene rings is 1. The highest BCUT2D eigenvalue weighted by Gasteiger charge is 2.23. The number of hydrogen-bond acceptors (Lipinski definition) is 2. The van der Waals surface area contributed by atoms with E-state index in [1.54, 1.807) is 6.07 Å². The lowest BCUT2D eigenvalue weighted by Crippen LogP contribution is -2.05. The van der Waals surface area contributed by atoms with Crippen molar-refractivity contribution in [3.8, 4) is 21.6 Å². The molecule has 0 unspecified atom stereocenters. The Bertz CT molecular complexity index is 1070. The summed E-state index contributed by atoms with van der Waals surface area (Å²) in [6.07, 6.45) is 0.840. The van der Waals surface area contributed by atoms with Gasteiger partial charge in [-0.05, 0) is 36.6 Å². The standard InChI is InChI=1S/C23H20F4OS/c1-4-18(28)16-8-6-14(20(24)22(16)26)15-7-9-17(23(27)21(15)25)19-10-5-13(29-19)11-12(2)3/h5-10,12H,4,11H2,1-3H3. The zero-order valence-corrected chi connectivity index (χ0v) is 17.1. The number of ketones is 1. The van der Waals surface area contributed by atoms with Gasteiger partial charge in [-0.3, -0.25) is 4.79 Å². The van der Waals surface area contributed by atoms with Gasteiger partial charge in [0.2, 0.25) is 0 Å². The molecule has 3 rings (SSSR count). The summed E-state index contributed by atoms with van der Waals surface area (Å²) in [5.41, 5.74) is -1.14. The third-order valence-corrected chi connectivity index (χ3v) is 5.75. The first-order chi connectivity index (χ1) is 13.7. The molecule has 152 valence electrons. The third-order valence-electron chi connectivity index (χ3n) is 4.61. The Hall–Kier alpha value is -2.47. The number of rotatable bonds is 6. The molecule has 1 aromatic heterocycles. The van der Waals surface area contributed by atoms with Crippen LogP contribution in [0.4, 0.5) is 17.6 Å². The lowest BCUT2D eigenvalue weighted by molar-refractivity contribution is 0.0983. The van der Waals surface area contributed by atoms with Gasteiger partial charge in [0.25, 0.3) is 0 Å². The van der Waals surface area contributed by atoms with Gasteiger partial charge in [-0.25, -0.2) is 17.6 Å². The highest BCUT2D eigenvalue weighted by atomic mass is 32.1. The van der Waals surface area contributed by atoms with Crippen molar-refractivity contribution < 1.29 is 22.4 Å². The molecule has 0 saturated heterocycles. The summed E-state index contributed by atoms with van der Waals surface area (Å²) in [5.74, 6) is -5.22. The number of carbonyl (C=O) groups is 1. The molecule has 6 heteroatoms. The Morgan fingerprint density at radius 2 is 1.38 bits per heavy atom. The van der Waals surface area contributed by atoms with Crippen molar-refractivity contribution in [1.29, 1.82) is 0 Å². The monoisotopic (exact) mass is 420 g/mol. The molecule has 1 nitrogen and oxygen atoms in total. The Morgan fingerprint density at radius 3 is 2.00 bits per heavy atom. The minimum atomic E-state index is -1.37. The summed E-state index contributed by atoms with van der Waals surface area (Å²) in [6.45, 7) is 5.67. The van der Waals surface area contributed by atoms with Crippen LogP contribution in [0.1, 0.15) is 42.4 Å². The van der Waals surface area contributed by atoms with E-state index in [4.69, 9.17) is 0 Å². The topological polar surface area (TPSA) is 17.1 Å². The van der Waals surface area contributed by atoms with Gasteiger partial charge >= 0.3 is 0 Å². The lowest BCUT2D eigenvalue weighted by Gasteiger charge is -2.11. The number of hydrogen-bond donors (Lipinski definition) is 0. The van der Waals surface area contributed by atoms with Crippen molar-refractivity contribution >= 4 is 17.1 Å². The Kier molecular flexibility index (Phi) is 6.22. The summed E-state index contributed by atoms with van der Waals surface area (Å²) >= 11 is 1.37. The smallest absolute Gasteiger partial charge is 0.170 e. The molecule has 0 spiro atoms. The molecule has 0 aliphatic carbocycles. The van der Waals surface area contributed by atoms with Crippen LogP contribution in [0.3, 0.4) is 0 Å². The molecular weight excluding hydrogens is 400 g/mol. The minimum Gasteiger partial charge on any atom is -0.294 e. The van der Waals surface area contributed by atoms with Gasteiger partial charge < -0.3 is 0 Å². The second-order valence-corrected chi connectivity index (χ2v) is 8.39. The molecule has 0 saturated carbocycles. The van der Waals surface area contributed by atoms with Crippen LogP contribution < -0.4 is 0 Å². The van der Waals surface area contributed by atoms with Gasteiger partial charge in [-0.2, -0.15) is 0 Å². The van der Waals surface area contributed by atoms with E-state index in [1.165, 1.54) is 30.4 Å². The van der Waals surface area contributed by atoms with Gasteiger partial charge in [-0.1, -0.05) is 32.9 Å². The van der Waals surface area contributed by atoms with Crippen LogP contribution in [0.2, 0.25) is 0 Å². The molecule has 0 aliphatic heterocycles. The van der Waals surface area contributed by atoms with Crippen molar-refractivity contribution in [3.63, 3.8) is 0 Å². The number of carbonyl (C=O) groups excluding carboxylic acids is 1. The maximum Gasteiger partial charge on any atom is 0.170 e. The summed E-state index contributed by atoms with van der Waals surface area (Å²) < 4.78 is 58.3. The maximum absolute atomic E-state index is 14.8. The predicted octanol–water partition coefficient (Wildman–Crippen LogP) is 7.43. The second kappa shape index (κ2) is 8.49. The highest BCUT2D eigenvalue weighted by Crippen LogP contribution is 2.36. The molecule has 0 N–H and O–H groups in total. The van der Waals surface area contributed by atoms with Gasteiger partial charge in [-0.15, -0.1) is 11.3 Å². The van der Waals surface area contributed by atoms with Gasteiger partial charge in [0.15, 0.2) is 29.1 Å². The van der Waals surface area contributed by atoms with Crippen molar-refractivity contribution in [3.05, 3.63) is 70.1 Å². The maximum atomic E-state index is 14.8. The average molecular weight is 420 g/mol. The Morgan fingerprint density at radius 1 is 0.828 bits per heavy atom. The van der Waals surface area contributed by atoms with Crippen LogP contribution in [-0.2, 0) is 6.42 Å². The quantitative estimate of drug-likeness (QED) is 0.299. The molecule has 0 bridgehead atoms. The van der Waals surface area contributed by atoms with Crippen LogP contribution in [0.5, 0.6) is 0 Å². The largest absolute Gasteiger partial charge is 0.294 e. The lowest BCUT2D eigenvalue weighted by atomic mass is 9.98. The minimum absolute atomic E-state index is 0.00695. The number of Topliss-reactive ketones (excluding diaryl/α,β-unsaturated/α-hetero) is 1. The third kappa shape index (κ3) is 4.13. The fraction of sp³-hybridized carbons (Fsp3) is 0.261. The van der Waals surface area contributed by atoms with Crippen molar-refractivity contribution in [2.75, 3.05) is 0 Å². The molecule has 0 atom stereocenters. The Balaban J connectivity index is 2.03. The van der Waals surface area contributed by atoms with Gasteiger partial charge in [0, 0.05) is 32.9 Å².